The molecule has 2 N–H and O–H groups in total. The molecule has 0 bridgehead atoms. The fraction of sp³-hybridized carbons (Fsp3) is 0.778. The normalized spacial score (nSPS) is 24.5. The minimum Gasteiger partial charge on any atom is -0.370 e. The zero-order valence-electron chi connectivity index (χ0n) is 15.9. The summed E-state index contributed by atoms with van der Waals surface area (Å²) in [5.41, 5.74) is 5.31. The van der Waals surface area contributed by atoms with Crippen molar-refractivity contribution < 1.29 is 9.59 Å². The van der Waals surface area contributed by atoms with Crippen molar-refractivity contribution >= 4 is 23.6 Å². The lowest BCUT2D eigenvalue weighted by Gasteiger charge is -2.36. The minimum absolute atomic E-state index is 0.158. The molecule has 8 heteroatoms. The van der Waals surface area contributed by atoms with Crippen molar-refractivity contribution in [3.05, 3.63) is 5.82 Å². The van der Waals surface area contributed by atoms with E-state index in [9.17, 15) is 9.59 Å². The fourth-order valence-corrected chi connectivity index (χ4v) is 4.74. The van der Waals surface area contributed by atoms with Gasteiger partial charge in [0.25, 0.3) is 0 Å². The highest BCUT2D eigenvalue weighted by Gasteiger charge is 2.33. The van der Waals surface area contributed by atoms with Crippen LogP contribution in [0.15, 0.2) is 5.16 Å². The first-order chi connectivity index (χ1) is 12.3. The van der Waals surface area contributed by atoms with Gasteiger partial charge in [0.05, 0.1) is 5.25 Å². The Labute approximate surface area is 159 Å². The predicted molar refractivity (Wildman–Crippen MR) is 101 cm³/mol. The van der Waals surface area contributed by atoms with Crippen LogP contribution in [-0.2, 0) is 16.1 Å². The van der Waals surface area contributed by atoms with Crippen molar-refractivity contribution in [3.63, 3.8) is 0 Å². The molecule has 3 atom stereocenters. The Bertz CT molecular complexity index is 663. The van der Waals surface area contributed by atoms with Gasteiger partial charge in [-0.15, -0.1) is 10.2 Å². The van der Waals surface area contributed by atoms with Crippen LogP contribution in [0.4, 0.5) is 0 Å². The summed E-state index contributed by atoms with van der Waals surface area (Å²) in [6.45, 7) is 8.48. The van der Waals surface area contributed by atoms with Crippen LogP contribution in [0.3, 0.4) is 0 Å². The summed E-state index contributed by atoms with van der Waals surface area (Å²) < 4.78 is 1.98. The van der Waals surface area contributed by atoms with Crippen molar-refractivity contribution in [2.75, 3.05) is 13.1 Å². The molecule has 26 heavy (non-hydrogen) atoms. The molecule has 0 aromatic carbocycles. The second-order valence-electron chi connectivity index (χ2n) is 7.93. The Morgan fingerprint density at radius 3 is 2.46 bits per heavy atom. The molecule has 1 aromatic rings. The highest BCUT2D eigenvalue weighted by Crippen LogP contribution is 2.40. The van der Waals surface area contributed by atoms with E-state index >= 15 is 0 Å². The average molecular weight is 380 g/mol. The van der Waals surface area contributed by atoms with Crippen LogP contribution < -0.4 is 5.73 Å². The number of aromatic nitrogens is 3. The molecule has 2 amide bonds. The predicted octanol–water partition coefficient (Wildman–Crippen LogP) is 2.02. The molecule has 1 aromatic heterocycles. The van der Waals surface area contributed by atoms with Crippen LogP contribution in [0.25, 0.3) is 0 Å². The lowest BCUT2D eigenvalue weighted by atomic mass is 9.92. The highest BCUT2D eigenvalue weighted by molar-refractivity contribution is 8.00. The number of nitrogens with zero attached hydrogens (tertiary/aromatic N) is 4. The Morgan fingerprint density at radius 2 is 1.88 bits per heavy atom. The molecule has 7 nitrogen and oxygen atoms in total. The van der Waals surface area contributed by atoms with Gasteiger partial charge < -0.3 is 15.2 Å². The number of nitrogens with two attached hydrogens (primary N) is 1. The third kappa shape index (κ3) is 4.58. The van der Waals surface area contributed by atoms with E-state index < -0.39 is 0 Å². The van der Waals surface area contributed by atoms with Gasteiger partial charge in [0.15, 0.2) is 5.16 Å². The summed E-state index contributed by atoms with van der Waals surface area (Å²) in [5, 5.41) is 9.12. The maximum atomic E-state index is 12.9. The number of carbonyl (C=O) groups excluding carboxylic acids is 2. The Balaban J connectivity index is 1.69. The summed E-state index contributed by atoms with van der Waals surface area (Å²) in [6.07, 6.45) is 3.65. The van der Waals surface area contributed by atoms with Crippen LogP contribution in [0, 0.1) is 11.8 Å². The zero-order chi connectivity index (χ0) is 18.8. The number of primary amides is 1. The van der Waals surface area contributed by atoms with Gasteiger partial charge in [0.2, 0.25) is 11.8 Å². The van der Waals surface area contributed by atoms with Gasteiger partial charge in [-0.05, 0) is 38.0 Å². The van der Waals surface area contributed by atoms with Crippen LogP contribution >= 0.6 is 11.8 Å². The number of hydrogen-bond donors (Lipinski definition) is 1. The van der Waals surface area contributed by atoms with E-state index in [-0.39, 0.29) is 23.5 Å². The van der Waals surface area contributed by atoms with Gasteiger partial charge in [-0.3, -0.25) is 9.59 Å². The van der Waals surface area contributed by atoms with Gasteiger partial charge in [-0.1, -0.05) is 25.6 Å². The number of carbonyl (C=O) groups is 2. The topological polar surface area (TPSA) is 94.1 Å². The highest BCUT2D eigenvalue weighted by atomic mass is 32.2. The Hall–Kier alpha value is -1.57. The minimum atomic E-state index is -0.336. The number of likely N-dealkylation sites (tertiary alicyclic amines) is 1. The maximum Gasteiger partial charge on any atom is 0.235 e. The van der Waals surface area contributed by atoms with E-state index in [2.05, 4.69) is 24.0 Å². The van der Waals surface area contributed by atoms with E-state index in [1.165, 1.54) is 18.2 Å². The zero-order valence-corrected chi connectivity index (χ0v) is 16.7. The summed E-state index contributed by atoms with van der Waals surface area (Å²) in [7, 11) is 0. The third-order valence-electron chi connectivity index (χ3n) is 5.08. The second kappa shape index (κ2) is 7.98. The molecule has 2 heterocycles. The molecule has 1 aliphatic carbocycles. The van der Waals surface area contributed by atoms with Gasteiger partial charge in [-0.25, -0.2) is 0 Å². The van der Waals surface area contributed by atoms with Crippen molar-refractivity contribution in [2.24, 2.45) is 17.6 Å². The number of amides is 2. The first-order valence-electron chi connectivity index (χ1n) is 9.52. The number of hydrogen-bond acceptors (Lipinski definition) is 5. The Kier molecular flexibility index (Phi) is 5.89. The molecule has 1 aliphatic heterocycles. The van der Waals surface area contributed by atoms with E-state index in [0.717, 1.165) is 31.8 Å². The molecular weight excluding hydrogens is 350 g/mol. The smallest absolute Gasteiger partial charge is 0.235 e. The summed E-state index contributed by atoms with van der Waals surface area (Å²) >= 11 is 1.44. The van der Waals surface area contributed by atoms with Gasteiger partial charge in [0, 0.05) is 32.0 Å². The molecule has 0 radical (unpaired) electrons. The molecule has 1 saturated carbocycles. The lowest BCUT2D eigenvalue weighted by Crippen LogP contribution is -2.45. The van der Waals surface area contributed by atoms with Crippen LogP contribution in [0.2, 0.25) is 0 Å². The Morgan fingerprint density at radius 1 is 1.23 bits per heavy atom. The van der Waals surface area contributed by atoms with Crippen molar-refractivity contribution in [3.8, 4) is 0 Å². The summed E-state index contributed by atoms with van der Waals surface area (Å²) in [5.74, 6) is 2.26. The first kappa shape index (κ1) is 19.2. The molecule has 0 spiro atoms. The molecule has 2 fully saturated rings. The first-order valence-corrected chi connectivity index (χ1v) is 10.4. The van der Waals surface area contributed by atoms with Gasteiger partial charge in [0.1, 0.15) is 5.82 Å². The maximum absolute atomic E-state index is 12.9. The average Bonchev–Trinajstić information content (AvgIpc) is 3.33. The largest absolute Gasteiger partial charge is 0.370 e. The van der Waals surface area contributed by atoms with E-state index in [1.807, 2.05) is 16.4 Å². The third-order valence-corrected chi connectivity index (χ3v) is 6.15. The van der Waals surface area contributed by atoms with E-state index in [0.29, 0.717) is 29.5 Å². The molecule has 3 unspecified atom stereocenters. The second-order valence-corrected chi connectivity index (χ2v) is 9.24. The fourth-order valence-electron chi connectivity index (χ4n) is 3.77. The van der Waals surface area contributed by atoms with Gasteiger partial charge >= 0.3 is 0 Å². The van der Waals surface area contributed by atoms with Gasteiger partial charge in [-0.2, -0.15) is 0 Å². The van der Waals surface area contributed by atoms with Crippen LogP contribution in [-0.4, -0.2) is 49.8 Å². The molecule has 3 rings (SSSR count). The van der Waals surface area contributed by atoms with E-state index in [1.54, 1.807) is 0 Å². The van der Waals surface area contributed by atoms with E-state index in [4.69, 9.17) is 5.73 Å². The number of piperidine rings is 1. The van der Waals surface area contributed by atoms with Crippen LogP contribution in [0.5, 0.6) is 0 Å². The molecular formula is C18H29N5O2S. The monoisotopic (exact) mass is 379 g/mol. The quantitative estimate of drug-likeness (QED) is 0.732. The van der Waals surface area contributed by atoms with Crippen LogP contribution in [0.1, 0.15) is 58.2 Å². The van der Waals surface area contributed by atoms with Crippen molar-refractivity contribution in [1.29, 1.82) is 0 Å². The van der Waals surface area contributed by atoms with Crippen molar-refractivity contribution in [2.45, 2.75) is 69.3 Å². The SMILES string of the molecule is CC1CC(C)CN(C(=O)C(C)Sc2nnc(C3CC3)n2CCC(N)=O)C1. The summed E-state index contributed by atoms with van der Waals surface area (Å²) in [6, 6.07) is 0. The molecule has 2 aliphatic rings. The lowest BCUT2D eigenvalue weighted by molar-refractivity contribution is -0.133. The molecule has 1 saturated heterocycles. The number of rotatable bonds is 7. The molecule has 144 valence electrons. The van der Waals surface area contributed by atoms with Crippen molar-refractivity contribution in [1.82, 2.24) is 19.7 Å². The summed E-state index contributed by atoms with van der Waals surface area (Å²) in [4.78, 5) is 26.1. The number of thioether (sulfide) groups is 1. The standard InChI is InChI=1S/C18H29N5O2S/c1-11-8-12(2)10-22(9-11)17(25)13(3)26-18-21-20-16(14-4-5-14)23(18)7-6-15(19)24/h11-14H,4-10H2,1-3H3,(H2,19,24).